The first-order valence-electron chi connectivity index (χ1n) is 8.99. The van der Waals surface area contributed by atoms with Gasteiger partial charge in [-0.1, -0.05) is 66.4 Å². The van der Waals surface area contributed by atoms with Gasteiger partial charge in [-0.05, 0) is 41.6 Å². The van der Waals surface area contributed by atoms with Gasteiger partial charge in [-0.15, -0.1) is 10.2 Å². The predicted octanol–water partition coefficient (Wildman–Crippen LogP) is 4.38. The molecule has 0 radical (unpaired) electrons. The number of benzene rings is 3. The number of para-hydroxylation sites is 1. The number of aromatic nitrogens is 3. The van der Waals surface area contributed by atoms with Crippen molar-refractivity contribution in [3.63, 3.8) is 0 Å². The molecular formula is C22H20N4OS. The van der Waals surface area contributed by atoms with Gasteiger partial charge in [0.2, 0.25) is 0 Å². The number of aryl methyl sites for hydroxylation is 1. The number of thioether (sulfide) groups is 1. The van der Waals surface area contributed by atoms with Crippen molar-refractivity contribution in [2.75, 3.05) is 6.26 Å². The maximum Gasteiger partial charge on any atom is 0.252 e. The lowest BCUT2D eigenvalue weighted by Gasteiger charge is -2.13. The molecule has 0 fully saturated rings. The van der Waals surface area contributed by atoms with Crippen LogP contribution >= 0.6 is 11.8 Å². The van der Waals surface area contributed by atoms with Crippen LogP contribution < -0.4 is 5.32 Å². The van der Waals surface area contributed by atoms with E-state index in [0.29, 0.717) is 17.9 Å². The Bertz CT molecular complexity index is 1150. The molecule has 0 aliphatic carbocycles. The van der Waals surface area contributed by atoms with E-state index < -0.39 is 0 Å². The number of nitrogens with zero attached hydrogens (tertiary/aromatic N) is 3. The van der Waals surface area contributed by atoms with Crippen molar-refractivity contribution < 1.29 is 4.79 Å². The molecule has 1 N–H and O–H groups in total. The van der Waals surface area contributed by atoms with Gasteiger partial charge < -0.3 is 5.32 Å². The van der Waals surface area contributed by atoms with Gasteiger partial charge in [0.25, 0.3) is 5.91 Å². The Morgan fingerprint density at radius 1 is 1.00 bits per heavy atom. The van der Waals surface area contributed by atoms with E-state index in [0.717, 1.165) is 27.2 Å². The fourth-order valence-electron chi connectivity index (χ4n) is 3.28. The van der Waals surface area contributed by atoms with Crippen molar-refractivity contribution in [2.24, 2.45) is 0 Å². The van der Waals surface area contributed by atoms with Crippen LogP contribution in [0.5, 0.6) is 0 Å². The van der Waals surface area contributed by atoms with Gasteiger partial charge in [-0.3, -0.25) is 9.36 Å². The zero-order valence-corrected chi connectivity index (χ0v) is 16.5. The first-order chi connectivity index (χ1) is 13.7. The molecule has 0 aliphatic rings. The second-order valence-electron chi connectivity index (χ2n) is 6.43. The predicted molar refractivity (Wildman–Crippen MR) is 113 cm³/mol. The Balaban J connectivity index is 1.63. The van der Waals surface area contributed by atoms with Crippen molar-refractivity contribution in [1.82, 2.24) is 20.1 Å². The van der Waals surface area contributed by atoms with Crippen LogP contribution in [0, 0.1) is 6.92 Å². The molecule has 0 bridgehead atoms. The van der Waals surface area contributed by atoms with Gasteiger partial charge in [0.1, 0.15) is 0 Å². The number of amides is 1. The second kappa shape index (κ2) is 7.86. The van der Waals surface area contributed by atoms with E-state index in [1.54, 1.807) is 0 Å². The zero-order chi connectivity index (χ0) is 19.5. The number of fused-ring (bicyclic) bond motifs is 1. The third kappa shape index (κ3) is 3.39. The molecule has 3 aromatic carbocycles. The van der Waals surface area contributed by atoms with Gasteiger partial charge in [0, 0.05) is 5.56 Å². The van der Waals surface area contributed by atoms with Crippen LogP contribution in [0.2, 0.25) is 0 Å². The molecular weight excluding hydrogens is 368 g/mol. The van der Waals surface area contributed by atoms with Gasteiger partial charge in [-0.2, -0.15) is 0 Å². The van der Waals surface area contributed by atoms with Crippen LogP contribution in [0.25, 0.3) is 16.5 Å². The van der Waals surface area contributed by atoms with E-state index >= 15 is 0 Å². The van der Waals surface area contributed by atoms with Crippen molar-refractivity contribution in [2.45, 2.75) is 18.6 Å². The van der Waals surface area contributed by atoms with Crippen LogP contribution in [-0.4, -0.2) is 26.9 Å². The number of nitrogens with one attached hydrogen (secondary N) is 1. The summed E-state index contributed by atoms with van der Waals surface area (Å²) in [5.74, 6) is 0.578. The minimum Gasteiger partial charge on any atom is -0.345 e. The van der Waals surface area contributed by atoms with E-state index in [1.807, 2.05) is 71.5 Å². The fraction of sp³-hybridized carbons (Fsp3) is 0.136. The molecule has 140 valence electrons. The smallest absolute Gasteiger partial charge is 0.252 e. The Hall–Kier alpha value is -3.12. The maximum atomic E-state index is 12.8. The third-order valence-corrected chi connectivity index (χ3v) is 5.31. The van der Waals surface area contributed by atoms with Gasteiger partial charge in [0.15, 0.2) is 11.0 Å². The lowest BCUT2D eigenvalue weighted by molar-refractivity contribution is 0.0951. The molecule has 0 saturated heterocycles. The molecule has 28 heavy (non-hydrogen) atoms. The number of carbonyl (C=O) groups excluding carboxylic acids is 1. The molecule has 1 aromatic heterocycles. The van der Waals surface area contributed by atoms with Crippen LogP contribution in [0.3, 0.4) is 0 Å². The van der Waals surface area contributed by atoms with Gasteiger partial charge in [-0.25, -0.2) is 0 Å². The Labute approximate surface area is 167 Å². The monoisotopic (exact) mass is 388 g/mol. The summed E-state index contributed by atoms with van der Waals surface area (Å²) in [6.45, 7) is 2.35. The Kier molecular flexibility index (Phi) is 5.12. The number of hydrogen-bond acceptors (Lipinski definition) is 4. The van der Waals surface area contributed by atoms with E-state index in [1.165, 1.54) is 11.8 Å². The molecule has 6 heteroatoms. The van der Waals surface area contributed by atoms with Crippen molar-refractivity contribution in [1.29, 1.82) is 0 Å². The molecule has 0 spiro atoms. The standard InChI is InChI=1S/C22H20N4OS/c1-15-8-3-6-13-19(15)26-20(24-25-22(26)28-2)14-23-21(27)18-12-7-10-16-9-4-5-11-17(16)18/h3-13H,14H2,1-2H3,(H,23,27). The van der Waals surface area contributed by atoms with E-state index in [2.05, 4.69) is 28.5 Å². The molecule has 0 aliphatic heterocycles. The highest BCUT2D eigenvalue weighted by molar-refractivity contribution is 7.98. The summed E-state index contributed by atoms with van der Waals surface area (Å²) < 4.78 is 2.00. The van der Waals surface area contributed by atoms with Crippen molar-refractivity contribution in [3.05, 3.63) is 83.7 Å². The highest BCUT2D eigenvalue weighted by Crippen LogP contribution is 2.23. The second-order valence-corrected chi connectivity index (χ2v) is 7.21. The van der Waals surface area contributed by atoms with Gasteiger partial charge in [0.05, 0.1) is 12.2 Å². The summed E-state index contributed by atoms with van der Waals surface area (Å²) in [5, 5.41) is 14.4. The minimum atomic E-state index is -0.123. The molecule has 1 heterocycles. The zero-order valence-electron chi connectivity index (χ0n) is 15.7. The van der Waals surface area contributed by atoms with Crippen LogP contribution in [0.4, 0.5) is 0 Å². The van der Waals surface area contributed by atoms with E-state index in [4.69, 9.17) is 0 Å². The van der Waals surface area contributed by atoms with E-state index in [-0.39, 0.29) is 5.91 Å². The summed E-state index contributed by atoms with van der Waals surface area (Å²) in [4.78, 5) is 12.8. The summed E-state index contributed by atoms with van der Waals surface area (Å²) >= 11 is 1.53. The summed E-state index contributed by atoms with van der Waals surface area (Å²) in [7, 11) is 0. The Morgan fingerprint density at radius 3 is 2.57 bits per heavy atom. The van der Waals surface area contributed by atoms with Gasteiger partial charge >= 0.3 is 0 Å². The van der Waals surface area contributed by atoms with Crippen molar-refractivity contribution >= 4 is 28.4 Å². The highest BCUT2D eigenvalue weighted by Gasteiger charge is 2.16. The molecule has 0 saturated carbocycles. The normalized spacial score (nSPS) is 10.9. The molecule has 1 amide bonds. The average Bonchev–Trinajstić information content (AvgIpc) is 3.14. The minimum absolute atomic E-state index is 0.123. The third-order valence-electron chi connectivity index (χ3n) is 4.68. The summed E-state index contributed by atoms with van der Waals surface area (Å²) in [6, 6.07) is 21.7. The molecule has 0 unspecified atom stereocenters. The first-order valence-corrected chi connectivity index (χ1v) is 10.2. The molecule has 4 aromatic rings. The van der Waals surface area contributed by atoms with Crippen LogP contribution in [0.15, 0.2) is 71.9 Å². The van der Waals surface area contributed by atoms with Crippen LogP contribution in [0.1, 0.15) is 21.7 Å². The Morgan fingerprint density at radius 2 is 1.75 bits per heavy atom. The fourth-order valence-corrected chi connectivity index (χ4v) is 3.79. The molecule has 0 atom stereocenters. The summed E-state index contributed by atoms with van der Waals surface area (Å²) in [5.41, 5.74) is 2.80. The lowest BCUT2D eigenvalue weighted by atomic mass is 10.0. The molecule has 5 nitrogen and oxygen atoms in total. The number of hydrogen-bond donors (Lipinski definition) is 1. The van der Waals surface area contributed by atoms with E-state index in [9.17, 15) is 4.79 Å². The number of rotatable bonds is 5. The lowest BCUT2D eigenvalue weighted by Crippen LogP contribution is -2.25. The first kappa shape index (κ1) is 18.3. The topological polar surface area (TPSA) is 59.8 Å². The average molecular weight is 388 g/mol. The number of carbonyl (C=O) groups is 1. The van der Waals surface area contributed by atoms with Crippen molar-refractivity contribution in [3.8, 4) is 5.69 Å². The van der Waals surface area contributed by atoms with Crippen LogP contribution in [-0.2, 0) is 6.54 Å². The summed E-state index contributed by atoms with van der Waals surface area (Å²) in [6.07, 6.45) is 1.97. The highest BCUT2D eigenvalue weighted by atomic mass is 32.2. The largest absolute Gasteiger partial charge is 0.345 e. The maximum absolute atomic E-state index is 12.8. The molecule has 4 rings (SSSR count). The quantitative estimate of drug-likeness (QED) is 0.516. The SMILES string of the molecule is CSc1nnc(CNC(=O)c2cccc3ccccc23)n1-c1ccccc1C.